The van der Waals surface area contributed by atoms with Crippen LogP contribution in [0.1, 0.15) is 39.0 Å². The van der Waals surface area contributed by atoms with E-state index in [0.717, 1.165) is 12.6 Å². The van der Waals surface area contributed by atoms with Gasteiger partial charge in [0.25, 0.3) is 0 Å². The monoisotopic (exact) mass is 230 g/mol. The minimum absolute atomic E-state index is 0.616. The predicted octanol–water partition coefficient (Wildman–Crippen LogP) is 2.33. The third-order valence-corrected chi connectivity index (χ3v) is 4.14. The molecular weight excluding hydrogens is 204 g/mol. The average Bonchev–Trinajstić information content (AvgIpc) is 2.45. The van der Waals surface area contributed by atoms with Crippen molar-refractivity contribution in [2.75, 3.05) is 25.1 Å². The summed E-state index contributed by atoms with van der Waals surface area (Å²) in [5, 5.41) is 0. The second-order valence-corrected chi connectivity index (χ2v) is 5.59. The number of hydrogen-bond acceptors (Lipinski definition) is 3. The van der Waals surface area contributed by atoms with Crippen LogP contribution in [-0.2, 0) is 0 Å². The van der Waals surface area contributed by atoms with E-state index in [1.165, 1.54) is 44.4 Å². The number of likely N-dealkylation sites (tertiary alicyclic amines) is 1. The molecule has 0 aliphatic carbocycles. The van der Waals surface area contributed by atoms with Crippen molar-refractivity contribution in [2.45, 2.75) is 51.1 Å². The van der Waals surface area contributed by atoms with Gasteiger partial charge in [-0.3, -0.25) is 4.90 Å². The van der Waals surface area contributed by atoms with Crippen LogP contribution in [0.5, 0.6) is 0 Å². The summed E-state index contributed by atoms with van der Waals surface area (Å²) in [6.45, 7) is 4.45. The van der Waals surface area contributed by atoms with Crippen molar-refractivity contribution < 1.29 is 0 Å². The van der Waals surface area contributed by atoms with E-state index in [4.69, 9.17) is 5.73 Å². The van der Waals surface area contributed by atoms with Crippen molar-refractivity contribution >= 4 is 11.8 Å². The summed E-state index contributed by atoms with van der Waals surface area (Å²) in [6, 6.07) is 1.36. The highest BCUT2D eigenvalue weighted by Crippen LogP contribution is 2.20. The number of thioether (sulfide) groups is 1. The van der Waals surface area contributed by atoms with Crippen LogP contribution < -0.4 is 5.73 Å². The van der Waals surface area contributed by atoms with E-state index in [2.05, 4.69) is 18.1 Å². The van der Waals surface area contributed by atoms with Crippen molar-refractivity contribution in [2.24, 2.45) is 5.73 Å². The highest BCUT2D eigenvalue weighted by molar-refractivity contribution is 7.98. The maximum absolute atomic E-state index is 5.91. The molecule has 2 atom stereocenters. The van der Waals surface area contributed by atoms with Crippen LogP contribution in [-0.4, -0.2) is 42.1 Å². The Kier molecular flexibility index (Phi) is 6.69. The third kappa shape index (κ3) is 4.33. The lowest BCUT2D eigenvalue weighted by atomic mass is 10.1. The summed E-state index contributed by atoms with van der Waals surface area (Å²) in [6.07, 6.45) is 8.95. The summed E-state index contributed by atoms with van der Waals surface area (Å²) in [4.78, 5) is 2.66. The first-order valence-corrected chi connectivity index (χ1v) is 7.63. The van der Waals surface area contributed by atoms with E-state index in [0.29, 0.717) is 6.04 Å². The second kappa shape index (κ2) is 7.53. The first kappa shape index (κ1) is 13.3. The normalized spacial score (nSPS) is 26.2. The Morgan fingerprint density at radius 1 is 1.40 bits per heavy atom. The Morgan fingerprint density at radius 2 is 2.20 bits per heavy atom. The molecule has 2 nitrogen and oxygen atoms in total. The largest absolute Gasteiger partial charge is 0.329 e. The van der Waals surface area contributed by atoms with Crippen molar-refractivity contribution in [1.29, 1.82) is 0 Å². The molecule has 2 N–H and O–H groups in total. The smallest absolute Gasteiger partial charge is 0.0229 e. The van der Waals surface area contributed by atoms with E-state index in [-0.39, 0.29) is 0 Å². The predicted molar refractivity (Wildman–Crippen MR) is 70.5 cm³/mol. The van der Waals surface area contributed by atoms with Gasteiger partial charge in [0.05, 0.1) is 0 Å². The second-order valence-electron chi connectivity index (χ2n) is 4.61. The number of hydrogen-bond donors (Lipinski definition) is 1. The fraction of sp³-hybridized carbons (Fsp3) is 1.00. The molecule has 0 bridgehead atoms. The van der Waals surface area contributed by atoms with E-state index in [1.807, 2.05) is 11.8 Å². The Morgan fingerprint density at radius 3 is 2.87 bits per heavy atom. The number of rotatable bonds is 5. The lowest BCUT2D eigenvalue weighted by Crippen LogP contribution is -2.45. The maximum atomic E-state index is 5.91. The van der Waals surface area contributed by atoms with Crippen LogP contribution in [0.3, 0.4) is 0 Å². The first-order chi connectivity index (χ1) is 7.29. The van der Waals surface area contributed by atoms with Gasteiger partial charge in [0.1, 0.15) is 0 Å². The van der Waals surface area contributed by atoms with Crippen LogP contribution in [0, 0.1) is 0 Å². The quantitative estimate of drug-likeness (QED) is 0.786. The van der Waals surface area contributed by atoms with Gasteiger partial charge in [0.2, 0.25) is 0 Å². The number of nitrogens with zero attached hydrogens (tertiary/aromatic N) is 1. The lowest BCUT2D eigenvalue weighted by Gasteiger charge is -2.34. The molecule has 0 aromatic heterocycles. The standard InChI is InChI=1S/C12H26N2S/c1-11-6-4-3-5-8-14(11)12(10-13)7-9-15-2/h11-12H,3-10,13H2,1-2H3. The highest BCUT2D eigenvalue weighted by Gasteiger charge is 2.23. The zero-order chi connectivity index (χ0) is 11.1. The summed E-state index contributed by atoms with van der Waals surface area (Å²) in [7, 11) is 0. The number of nitrogens with two attached hydrogens (primary N) is 1. The summed E-state index contributed by atoms with van der Waals surface area (Å²) in [5.74, 6) is 1.24. The minimum Gasteiger partial charge on any atom is -0.329 e. The Hall–Kier alpha value is 0.270. The van der Waals surface area contributed by atoms with Gasteiger partial charge in [0, 0.05) is 18.6 Å². The molecule has 15 heavy (non-hydrogen) atoms. The Balaban J connectivity index is 2.47. The van der Waals surface area contributed by atoms with E-state index < -0.39 is 0 Å². The van der Waals surface area contributed by atoms with Gasteiger partial charge in [0.15, 0.2) is 0 Å². The molecule has 0 radical (unpaired) electrons. The molecule has 1 fully saturated rings. The van der Waals surface area contributed by atoms with Gasteiger partial charge < -0.3 is 5.73 Å². The fourth-order valence-corrected chi connectivity index (χ4v) is 3.02. The van der Waals surface area contributed by atoms with Crippen molar-refractivity contribution in [3.63, 3.8) is 0 Å². The molecular formula is C12H26N2S. The van der Waals surface area contributed by atoms with E-state index in [9.17, 15) is 0 Å². The first-order valence-electron chi connectivity index (χ1n) is 6.24. The van der Waals surface area contributed by atoms with Crippen LogP contribution in [0.15, 0.2) is 0 Å². The minimum atomic E-state index is 0.616. The SMILES string of the molecule is CSCCC(CN)N1CCCCCC1C. The van der Waals surface area contributed by atoms with Crippen molar-refractivity contribution in [3.05, 3.63) is 0 Å². The molecule has 1 saturated heterocycles. The summed E-state index contributed by atoms with van der Waals surface area (Å²) >= 11 is 1.93. The van der Waals surface area contributed by atoms with E-state index >= 15 is 0 Å². The fourth-order valence-electron chi connectivity index (χ4n) is 2.51. The molecule has 0 aromatic carbocycles. The molecule has 2 unspecified atom stereocenters. The zero-order valence-corrected chi connectivity index (χ0v) is 11.1. The molecule has 1 aliphatic heterocycles. The van der Waals surface area contributed by atoms with Gasteiger partial charge in [-0.05, 0) is 44.7 Å². The Labute approximate surface area is 99.0 Å². The van der Waals surface area contributed by atoms with Crippen LogP contribution in [0.4, 0.5) is 0 Å². The molecule has 1 heterocycles. The topological polar surface area (TPSA) is 29.3 Å². The molecule has 1 aliphatic rings. The molecule has 0 saturated carbocycles. The van der Waals surface area contributed by atoms with Crippen LogP contribution in [0.25, 0.3) is 0 Å². The molecule has 0 spiro atoms. The zero-order valence-electron chi connectivity index (χ0n) is 10.2. The molecule has 0 amide bonds. The summed E-state index contributed by atoms with van der Waals surface area (Å²) < 4.78 is 0. The van der Waals surface area contributed by atoms with Gasteiger partial charge in [-0.15, -0.1) is 0 Å². The molecule has 0 aromatic rings. The van der Waals surface area contributed by atoms with Crippen LogP contribution >= 0.6 is 11.8 Å². The van der Waals surface area contributed by atoms with Crippen molar-refractivity contribution in [3.8, 4) is 0 Å². The summed E-state index contributed by atoms with van der Waals surface area (Å²) in [5.41, 5.74) is 5.91. The lowest BCUT2D eigenvalue weighted by molar-refractivity contribution is 0.147. The highest BCUT2D eigenvalue weighted by atomic mass is 32.2. The van der Waals surface area contributed by atoms with Gasteiger partial charge in [-0.2, -0.15) is 11.8 Å². The van der Waals surface area contributed by atoms with E-state index in [1.54, 1.807) is 0 Å². The Bertz CT molecular complexity index is 164. The molecule has 90 valence electrons. The van der Waals surface area contributed by atoms with Gasteiger partial charge in [-0.25, -0.2) is 0 Å². The van der Waals surface area contributed by atoms with Gasteiger partial charge in [-0.1, -0.05) is 12.8 Å². The van der Waals surface area contributed by atoms with Gasteiger partial charge >= 0.3 is 0 Å². The maximum Gasteiger partial charge on any atom is 0.0229 e. The molecule has 1 rings (SSSR count). The average molecular weight is 230 g/mol. The van der Waals surface area contributed by atoms with Crippen LogP contribution in [0.2, 0.25) is 0 Å². The third-order valence-electron chi connectivity index (χ3n) is 3.50. The van der Waals surface area contributed by atoms with Crippen molar-refractivity contribution in [1.82, 2.24) is 4.90 Å². The molecule has 3 heteroatoms.